The molecule has 2 N–H and O–H groups in total. The number of nitrogens with zero attached hydrogens (tertiary/aromatic N) is 2. The van der Waals surface area contributed by atoms with Crippen LogP contribution in [0.1, 0.15) is 25.5 Å². The standard InChI is InChI=1S/C11H15N3O3/c1-3-8-7(11(16)17)5-10(15)14(8)9-4-6(2)12-13-9/h4,7-8H,3,5H2,1-2H3,(H,12,13)(H,16,17)/t7-,8+/m0/s1. The summed E-state index contributed by atoms with van der Waals surface area (Å²) in [6.07, 6.45) is 0.661. The fraction of sp³-hybridized carbons (Fsp3) is 0.545. The molecule has 0 bridgehead atoms. The molecule has 1 aromatic heterocycles. The Bertz CT molecular complexity index is 455. The molecule has 6 heteroatoms. The number of nitrogens with one attached hydrogen (secondary N) is 1. The molecule has 2 rings (SSSR count). The van der Waals surface area contributed by atoms with Crippen LogP contribution in [0.25, 0.3) is 0 Å². The number of hydrogen-bond acceptors (Lipinski definition) is 3. The molecule has 1 amide bonds. The molecule has 0 aromatic carbocycles. The molecule has 92 valence electrons. The van der Waals surface area contributed by atoms with Crippen molar-refractivity contribution in [3.05, 3.63) is 11.8 Å². The van der Waals surface area contributed by atoms with E-state index in [9.17, 15) is 9.59 Å². The van der Waals surface area contributed by atoms with Crippen LogP contribution in [0.4, 0.5) is 5.82 Å². The normalized spacial score (nSPS) is 24.4. The maximum atomic E-state index is 11.9. The second kappa shape index (κ2) is 4.20. The van der Waals surface area contributed by atoms with E-state index in [-0.39, 0.29) is 18.4 Å². The van der Waals surface area contributed by atoms with Gasteiger partial charge in [0.2, 0.25) is 5.91 Å². The first-order valence-corrected chi connectivity index (χ1v) is 5.61. The smallest absolute Gasteiger partial charge is 0.309 e. The van der Waals surface area contributed by atoms with Crippen LogP contribution in [-0.2, 0) is 9.59 Å². The van der Waals surface area contributed by atoms with E-state index >= 15 is 0 Å². The maximum Gasteiger partial charge on any atom is 0.309 e. The summed E-state index contributed by atoms with van der Waals surface area (Å²) in [7, 11) is 0. The molecular formula is C11H15N3O3. The zero-order valence-corrected chi connectivity index (χ0v) is 9.80. The summed E-state index contributed by atoms with van der Waals surface area (Å²) in [5.41, 5.74) is 0.849. The fourth-order valence-corrected chi connectivity index (χ4v) is 2.33. The first-order chi connectivity index (χ1) is 8.04. The second-order valence-corrected chi connectivity index (χ2v) is 4.30. The Morgan fingerprint density at radius 1 is 1.71 bits per heavy atom. The number of carbonyl (C=O) groups is 2. The number of carboxylic acids is 1. The molecule has 1 aliphatic rings. The van der Waals surface area contributed by atoms with Crippen molar-refractivity contribution in [1.29, 1.82) is 0 Å². The average Bonchev–Trinajstić information content (AvgIpc) is 2.81. The fourth-order valence-electron chi connectivity index (χ4n) is 2.33. The van der Waals surface area contributed by atoms with Crippen molar-refractivity contribution in [3.8, 4) is 0 Å². The predicted octanol–water partition coefficient (Wildman–Crippen LogP) is 0.934. The number of rotatable bonds is 3. The third kappa shape index (κ3) is 1.90. The molecule has 1 aromatic rings. The van der Waals surface area contributed by atoms with E-state index in [0.717, 1.165) is 5.69 Å². The number of anilines is 1. The summed E-state index contributed by atoms with van der Waals surface area (Å²) in [5.74, 6) is -1.21. The van der Waals surface area contributed by atoms with Crippen molar-refractivity contribution in [3.63, 3.8) is 0 Å². The highest BCUT2D eigenvalue weighted by Crippen LogP contribution is 2.32. The molecule has 1 fully saturated rings. The lowest BCUT2D eigenvalue weighted by atomic mass is 9.98. The van der Waals surface area contributed by atoms with Gasteiger partial charge in [-0.2, -0.15) is 5.10 Å². The lowest BCUT2D eigenvalue weighted by Gasteiger charge is -2.23. The Labute approximate surface area is 98.6 Å². The van der Waals surface area contributed by atoms with Crippen LogP contribution in [0.15, 0.2) is 6.07 Å². The summed E-state index contributed by atoms with van der Waals surface area (Å²) in [4.78, 5) is 24.5. The summed E-state index contributed by atoms with van der Waals surface area (Å²) >= 11 is 0. The zero-order valence-electron chi connectivity index (χ0n) is 9.80. The minimum Gasteiger partial charge on any atom is -0.481 e. The number of aromatic nitrogens is 2. The maximum absolute atomic E-state index is 11.9. The molecule has 0 spiro atoms. The van der Waals surface area contributed by atoms with Crippen LogP contribution >= 0.6 is 0 Å². The molecule has 6 nitrogen and oxygen atoms in total. The van der Waals surface area contributed by atoms with Gasteiger partial charge in [0.05, 0.1) is 12.0 Å². The molecule has 0 saturated carbocycles. The van der Waals surface area contributed by atoms with E-state index < -0.39 is 11.9 Å². The van der Waals surface area contributed by atoms with Gasteiger partial charge in [-0.1, -0.05) is 6.92 Å². The van der Waals surface area contributed by atoms with Gasteiger partial charge >= 0.3 is 5.97 Å². The number of carboxylic acid groups (broad SMARTS) is 1. The molecule has 2 heterocycles. The van der Waals surface area contributed by atoms with Gasteiger partial charge in [-0.15, -0.1) is 0 Å². The predicted molar refractivity (Wildman–Crippen MR) is 60.6 cm³/mol. The molecule has 1 aliphatic heterocycles. The number of H-pyrrole nitrogens is 1. The lowest BCUT2D eigenvalue weighted by molar-refractivity contribution is -0.142. The zero-order chi connectivity index (χ0) is 12.6. The van der Waals surface area contributed by atoms with Crippen LogP contribution < -0.4 is 4.90 Å². The van der Waals surface area contributed by atoms with Crippen molar-refractivity contribution in [2.24, 2.45) is 5.92 Å². The van der Waals surface area contributed by atoms with Gasteiger partial charge in [0.1, 0.15) is 0 Å². The number of aliphatic carboxylic acids is 1. The van der Waals surface area contributed by atoms with Gasteiger partial charge in [0, 0.05) is 18.2 Å². The Hall–Kier alpha value is -1.85. The molecule has 17 heavy (non-hydrogen) atoms. The van der Waals surface area contributed by atoms with Gasteiger partial charge in [-0.3, -0.25) is 19.6 Å². The third-order valence-corrected chi connectivity index (χ3v) is 3.13. The van der Waals surface area contributed by atoms with Crippen molar-refractivity contribution in [2.45, 2.75) is 32.7 Å². The highest BCUT2D eigenvalue weighted by molar-refractivity contribution is 5.99. The topological polar surface area (TPSA) is 86.3 Å². The van der Waals surface area contributed by atoms with E-state index in [4.69, 9.17) is 5.11 Å². The van der Waals surface area contributed by atoms with Crippen molar-refractivity contribution < 1.29 is 14.7 Å². The van der Waals surface area contributed by atoms with Crippen LogP contribution in [0, 0.1) is 12.8 Å². The molecule has 2 atom stereocenters. The number of hydrogen-bond donors (Lipinski definition) is 2. The van der Waals surface area contributed by atoms with E-state index in [1.54, 1.807) is 6.07 Å². The minimum absolute atomic E-state index is 0.0553. The summed E-state index contributed by atoms with van der Waals surface area (Å²) in [6.45, 7) is 3.72. The molecule has 1 saturated heterocycles. The van der Waals surface area contributed by atoms with Gasteiger partial charge in [-0.25, -0.2) is 0 Å². The Balaban J connectivity index is 2.33. The van der Waals surface area contributed by atoms with Crippen LogP contribution in [0.2, 0.25) is 0 Å². The van der Waals surface area contributed by atoms with E-state index in [2.05, 4.69) is 10.2 Å². The average molecular weight is 237 g/mol. The monoisotopic (exact) mass is 237 g/mol. The van der Waals surface area contributed by atoms with E-state index in [1.807, 2.05) is 13.8 Å². The summed E-state index contributed by atoms with van der Waals surface area (Å²) in [6, 6.07) is 1.45. The summed E-state index contributed by atoms with van der Waals surface area (Å²) in [5, 5.41) is 15.9. The van der Waals surface area contributed by atoms with Crippen LogP contribution in [0.3, 0.4) is 0 Å². The second-order valence-electron chi connectivity index (χ2n) is 4.30. The number of amides is 1. The number of aryl methyl sites for hydroxylation is 1. The summed E-state index contributed by atoms with van der Waals surface area (Å²) < 4.78 is 0. The molecule has 0 aliphatic carbocycles. The van der Waals surface area contributed by atoms with E-state index in [1.165, 1.54) is 4.90 Å². The van der Waals surface area contributed by atoms with Gasteiger partial charge < -0.3 is 5.11 Å². The highest BCUT2D eigenvalue weighted by atomic mass is 16.4. The van der Waals surface area contributed by atoms with Crippen LogP contribution in [-0.4, -0.2) is 33.2 Å². The minimum atomic E-state index is -0.917. The van der Waals surface area contributed by atoms with Gasteiger partial charge in [0.25, 0.3) is 0 Å². The van der Waals surface area contributed by atoms with Gasteiger partial charge in [0.15, 0.2) is 5.82 Å². The third-order valence-electron chi connectivity index (χ3n) is 3.13. The Kier molecular flexibility index (Phi) is 2.87. The van der Waals surface area contributed by atoms with Gasteiger partial charge in [-0.05, 0) is 13.3 Å². The van der Waals surface area contributed by atoms with Crippen LogP contribution in [0.5, 0.6) is 0 Å². The molecule has 0 unspecified atom stereocenters. The van der Waals surface area contributed by atoms with Crippen molar-refractivity contribution in [1.82, 2.24) is 10.2 Å². The van der Waals surface area contributed by atoms with Crippen molar-refractivity contribution in [2.75, 3.05) is 4.90 Å². The highest BCUT2D eigenvalue weighted by Gasteiger charge is 2.44. The molecule has 0 radical (unpaired) electrons. The van der Waals surface area contributed by atoms with Crippen molar-refractivity contribution >= 4 is 17.7 Å². The first-order valence-electron chi connectivity index (χ1n) is 5.61. The first kappa shape index (κ1) is 11.6. The quantitative estimate of drug-likeness (QED) is 0.818. The number of aromatic amines is 1. The molecular weight excluding hydrogens is 222 g/mol. The SMILES string of the molecule is CC[C@@H]1[C@@H](C(=O)O)CC(=O)N1c1cc(C)[nH]n1. The van der Waals surface area contributed by atoms with E-state index in [0.29, 0.717) is 12.2 Å². The Morgan fingerprint density at radius 3 is 2.88 bits per heavy atom. The Morgan fingerprint density at radius 2 is 2.41 bits per heavy atom. The lowest BCUT2D eigenvalue weighted by Crippen LogP contribution is -2.37. The largest absolute Gasteiger partial charge is 0.481 e. The number of carbonyl (C=O) groups excluding carboxylic acids is 1.